The van der Waals surface area contributed by atoms with Crippen molar-refractivity contribution in [1.82, 2.24) is 9.80 Å². The van der Waals surface area contributed by atoms with Crippen molar-refractivity contribution in [2.45, 2.75) is 45.1 Å². The highest BCUT2D eigenvalue weighted by atomic mass is 19.4. The lowest BCUT2D eigenvalue weighted by molar-refractivity contribution is -0.137. The Kier molecular flexibility index (Phi) is 7.20. The molecule has 0 amide bonds. The van der Waals surface area contributed by atoms with E-state index in [2.05, 4.69) is 47.9 Å². The van der Waals surface area contributed by atoms with Gasteiger partial charge in [-0.05, 0) is 48.6 Å². The molecular formula is C28H31F3N2. The van der Waals surface area contributed by atoms with Crippen LogP contribution in [-0.4, -0.2) is 41.5 Å². The summed E-state index contributed by atoms with van der Waals surface area (Å²) in [6, 6.07) is 24.9. The van der Waals surface area contributed by atoms with Crippen molar-refractivity contribution in [3.63, 3.8) is 0 Å². The first-order valence-electron chi connectivity index (χ1n) is 11.6. The van der Waals surface area contributed by atoms with E-state index in [-0.39, 0.29) is 5.56 Å². The van der Waals surface area contributed by atoms with Gasteiger partial charge in [-0.3, -0.25) is 9.80 Å². The van der Waals surface area contributed by atoms with E-state index in [9.17, 15) is 13.2 Å². The number of rotatable bonds is 6. The summed E-state index contributed by atoms with van der Waals surface area (Å²) in [7, 11) is 0. The van der Waals surface area contributed by atoms with Crippen LogP contribution in [0.2, 0.25) is 0 Å². The second-order valence-corrected chi connectivity index (χ2v) is 9.15. The fourth-order valence-corrected chi connectivity index (χ4v) is 4.86. The van der Waals surface area contributed by atoms with E-state index >= 15 is 0 Å². The summed E-state index contributed by atoms with van der Waals surface area (Å²) in [5.41, 5.74) is 2.71. The molecule has 0 aromatic heterocycles. The Morgan fingerprint density at radius 1 is 0.818 bits per heavy atom. The minimum Gasteiger partial charge on any atom is -0.296 e. The Hall–Kier alpha value is -2.63. The summed E-state index contributed by atoms with van der Waals surface area (Å²) in [6.45, 7) is 8.30. The van der Waals surface area contributed by atoms with Crippen molar-refractivity contribution < 1.29 is 13.2 Å². The molecule has 1 aliphatic heterocycles. The van der Waals surface area contributed by atoms with Crippen LogP contribution >= 0.6 is 0 Å². The molecule has 0 bridgehead atoms. The molecule has 4 rings (SSSR count). The molecule has 1 atom stereocenters. The maximum atomic E-state index is 13.4. The van der Waals surface area contributed by atoms with Crippen molar-refractivity contribution >= 4 is 0 Å². The lowest BCUT2D eigenvalue weighted by Gasteiger charge is -2.44. The van der Waals surface area contributed by atoms with Gasteiger partial charge in [0.05, 0.1) is 5.56 Å². The molecular weight excluding hydrogens is 421 g/mol. The molecule has 3 aromatic carbocycles. The Balaban J connectivity index is 1.46. The second kappa shape index (κ2) is 10.1. The summed E-state index contributed by atoms with van der Waals surface area (Å²) in [4.78, 5) is 5.05. The number of hydrogen-bond acceptors (Lipinski definition) is 2. The van der Waals surface area contributed by atoms with Crippen molar-refractivity contribution in [3.8, 4) is 11.1 Å². The van der Waals surface area contributed by atoms with Crippen LogP contribution in [0.1, 0.15) is 30.5 Å². The van der Waals surface area contributed by atoms with Crippen LogP contribution in [-0.2, 0) is 19.1 Å². The maximum Gasteiger partial charge on any atom is 0.417 e. The van der Waals surface area contributed by atoms with E-state index < -0.39 is 11.7 Å². The molecule has 1 fully saturated rings. The normalized spacial score (nSPS) is 18.1. The number of benzene rings is 3. The number of piperazine rings is 1. The molecule has 174 valence electrons. The first kappa shape index (κ1) is 23.5. The van der Waals surface area contributed by atoms with E-state index in [0.717, 1.165) is 44.2 Å². The monoisotopic (exact) mass is 452 g/mol. The zero-order chi connectivity index (χ0) is 23.4. The van der Waals surface area contributed by atoms with Crippen molar-refractivity contribution in [2.75, 3.05) is 19.6 Å². The lowest BCUT2D eigenvalue weighted by atomic mass is 9.97. The minimum absolute atomic E-state index is 0.227. The Morgan fingerprint density at radius 2 is 1.48 bits per heavy atom. The largest absolute Gasteiger partial charge is 0.417 e. The summed E-state index contributed by atoms with van der Waals surface area (Å²) in [5, 5.41) is 0. The van der Waals surface area contributed by atoms with Crippen LogP contribution in [0, 0.1) is 0 Å². The highest BCUT2D eigenvalue weighted by molar-refractivity contribution is 5.68. The van der Waals surface area contributed by atoms with Gasteiger partial charge in [-0.25, -0.2) is 0 Å². The quantitative estimate of drug-likeness (QED) is 0.421. The Bertz CT molecular complexity index is 1030. The number of nitrogens with zero attached hydrogens (tertiary/aromatic N) is 2. The summed E-state index contributed by atoms with van der Waals surface area (Å²) in [5.74, 6) is 0. The topological polar surface area (TPSA) is 6.48 Å². The van der Waals surface area contributed by atoms with E-state index in [4.69, 9.17) is 0 Å². The molecule has 0 spiro atoms. The molecule has 1 unspecified atom stereocenters. The summed E-state index contributed by atoms with van der Waals surface area (Å²) < 4.78 is 40.2. The van der Waals surface area contributed by atoms with Gasteiger partial charge < -0.3 is 0 Å². The van der Waals surface area contributed by atoms with Crippen LogP contribution in [0.5, 0.6) is 0 Å². The van der Waals surface area contributed by atoms with Gasteiger partial charge in [0.1, 0.15) is 0 Å². The van der Waals surface area contributed by atoms with E-state index in [1.165, 1.54) is 17.7 Å². The van der Waals surface area contributed by atoms with Crippen LogP contribution in [0.3, 0.4) is 0 Å². The molecule has 0 aliphatic carbocycles. The van der Waals surface area contributed by atoms with Gasteiger partial charge in [0.15, 0.2) is 0 Å². The highest BCUT2D eigenvalue weighted by Crippen LogP contribution is 2.37. The number of hydrogen-bond donors (Lipinski definition) is 0. The molecule has 2 nitrogen and oxygen atoms in total. The molecule has 33 heavy (non-hydrogen) atoms. The van der Waals surface area contributed by atoms with Crippen LogP contribution in [0.25, 0.3) is 11.1 Å². The van der Waals surface area contributed by atoms with Gasteiger partial charge in [0.25, 0.3) is 0 Å². The van der Waals surface area contributed by atoms with Crippen molar-refractivity contribution in [2.24, 2.45) is 0 Å². The Morgan fingerprint density at radius 3 is 2.15 bits per heavy atom. The minimum atomic E-state index is -4.36. The van der Waals surface area contributed by atoms with Crippen LogP contribution in [0.4, 0.5) is 13.2 Å². The molecule has 1 saturated heterocycles. The summed E-state index contributed by atoms with van der Waals surface area (Å²) in [6.07, 6.45) is -3.35. The third-order valence-corrected chi connectivity index (χ3v) is 6.49. The SMILES string of the molecule is CC(C)N1CCN(Cc2ccc(-c3ccccc3C(F)(F)F)cc2)CC1Cc1ccccc1. The zero-order valence-electron chi connectivity index (χ0n) is 19.2. The van der Waals surface area contributed by atoms with Crippen LogP contribution in [0.15, 0.2) is 78.9 Å². The lowest BCUT2D eigenvalue weighted by Crippen LogP contribution is -2.55. The van der Waals surface area contributed by atoms with Crippen LogP contribution < -0.4 is 0 Å². The van der Waals surface area contributed by atoms with Crippen molar-refractivity contribution in [1.29, 1.82) is 0 Å². The average Bonchev–Trinajstić information content (AvgIpc) is 2.80. The molecule has 1 heterocycles. The van der Waals surface area contributed by atoms with E-state index in [1.807, 2.05) is 30.3 Å². The third kappa shape index (κ3) is 5.84. The highest BCUT2D eigenvalue weighted by Gasteiger charge is 2.33. The van der Waals surface area contributed by atoms with Gasteiger partial charge >= 0.3 is 6.18 Å². The van der Waals surface area contributed by atoms with Gasteiger partial charge in [-0.15, -0.1) is 0 Å². The first-order chi connectivity index (χ1) is 15.8. The number of alkyl halides is 3. The fraction of sp³-hybridized carbons (Fsp3) is 0.357. The second-order valence-electron chi connectivity index (χ2n) is 9.15. The Labute approximate surface area is 194 Å². The molecule has 1 aliphatic rings. The van der Waals surface area contributed by atoms with Crippen molar-refractivity contribution in [3.05, 3.63) is 95.6 Å². The third-order valence-electron chi connectivity index (χ3n) is 6.49. The molecule has 0 radical (unpaired) electrons. The summed E-state index contributed by atoms with van der Waals surface area (Å²) >= 11 is 0. The van der Waals surface area contributed by atoms with Gasteiger partial charge in [-0.2, -0.15) is 13.2 Å². The first-order valence-corrected chi connectivity index (χ1v) is 11.6. The standard InChI is InChI=1S/C28H31F3N2/c1-21(2)33-17-16-32(20-25(33)18-22-8-4-3-5-9-22)19-23-12-14-24(15-13-23)26-10-6-7-11-27(26)28(29,30)31/h3-15,21,25H,16-20H2,1-2H3. The van der Waals surface area contributed by atoms with Gasteiger partial charge in [-0.1, -0.05) is 72.8 Å². The molecule has 0 saturated carbocycles. The molecule has 5 heteroatoms. The molecule has 0 N–H and O–H groups in total. The fourth-order valence-electron chi connectivity index (χ4n) is 4.86. The average molecular weight is 453 g/mol. The van der Waals surface area contributed by atoms with Gasteiger partial charge in [0, 0.05) is 38.3 Å². The predicted molar refractivity (Wildman–Crippen MR) is 128 cm³/mol. The number of halogens is 3. The van der Waals surface area contributed by atoms with E-state index in [0.29, 0.717) is 17.6 Å². The smallest absolute Gasteiger partial charge is 0.296 e. The van der Waals surface area contributed by atoms with E-state index in [1.54, 1.807) is 6.07 Å². The molecule has 3 aromatic rings. The maximum absolute atomic E-state index is 13.4. The zero-order valence-corrected chi connectivity index (χ0v) is 19.2. The predicted octanol–water partition coefficient (Wildman–Crippen LogP) is 6.51. The van der Waals surface area contributed by atoms with Gasteiger partial charge in [0.2, 0.25) is 0 Å².